The van der Waals surface area contributed by atoms with Crippen LogP contribution >= 0.6 is 0 Å². The van der Waals surface area contributed by atoms with Crippen LogP contribution in [0.25, 0.3) is 5.57 Å². The van der Waals surface area contributed by atoms with Crippen LogP contribution in [0.2, 0.25) is 0 Å². The van der Waals surface area contributed by atoms with Crippen LogP contribution in [0.5, 0.6) is 0 Å². The van der Waals surface area contributed by atoms with Gasteiger partial charge in [-0.2, -0.15) is 0 Å². The number of unbranched alkanes of at least 4 members (excludes halogenated alkanes) is 2. The van der Waals surface area contributed by atoms with Crippen molar-refractivity contribution in [3.8, 4) is 0 Å². The Morgan fingerprint density at radius 1 is 1.06 bits per heavy atom. The first-order chi connectivity index (χ1) is 8.13. The molecule has 0 heteroatoms. The fourth-order valence-corrected chi connectivity index (χ4v) is 1.95. The third-order valence-corrected chi connectivity index (χ3v) is 2.95. The molecule has 0 N–H and O–H groups in total. The van der Waals surface area contributed by atoms with E-state index in [1.165, 1.54) is 42.4 Å². The number of hydrogen-bond donors (Lipinski definition) is 0. The number of hydrogen-bond acceptors (Lipinski definition) is 0. The molecule has 0 bridgehead atoms. The van der Waals surface area contributed by atoms with Crippen molar-refractivity contribution in [2.45, 2.75) is 46.0 Å². The van der Waals surface area contributed by atoms with E-state index in [1.807, 2.05) is 6.92 Å². The van der Waals surface area contributed by atoms with E-state index in [0.29, 0.717) is 0 Å². The van der Waals surface area contributed by atoms with E-state index in [2.05, 4.69) is 44.3 Å². The van der Waals surface area contributed by atoms with Crippen molar-refractivity contribution < 1.29 is 0 Å². The third-order valence-electron chi connectivity index (χ3n) is 2.95. The highest BCUT2D eigenvalue weighted by molar-refractivity contribution is 5.65. The largest absolute Gasteiger partial charge is 0.0998 e. The zero-order chi connectivity index (χ0) is 12.7. The first-order valence-electron chi connectivity index (χ1n) is 6.55. The third kappa shape index (κ3) is 5.04. The molecule has 0 radical (unpaired) electrons. The van der Waals surface area contributed by atoms with E-state index in [1.54, 1.807) is 0 Å². The summed E-state index contributed by atoms with van der Waals surface area (Å²) in [6, 6.07) is 8.84. The lowest BCUT2D eigenvalue weighted by molar-refractivity contribution is 0.717. The molecule has 0 saturated carbocycles. The normalized spacial score (nSPS) is 10.2. The Kier molecular flexibility index (Phi) is 5.76. The molecule has 1 rings (SSSR count). The molecular weight excluding hydrogens is 204 g/mol. The molecule has 0 amide bonds. The van der Waals surface area contributed by atoms with Gasteiger partial charge in [-0.1, -0.05) is 62.8 Å². The van der Waals surface area contributed by atoms with Crippen molar-refractivity contribution in [2.75, 3.05) is 0 Å². The highest BCUT2D eigenvalue weighted by Crippen LogP contribution is 2.20. The summed E-state index contributed by atoms with van der Waals surface area (Å²) >= 11 is 0. The van der Waals surface area contributed by atoms with Gasteiger partial charge in [-0.05, 0) is 42.9 Å². The minimum atomic E-state index is 0.898. The molecular formula is C17H24. The quantitative estimate of drug-likeness (QED) is 0.433. The second kappa shape index (κ2) is 7.11. The van der Waals surface area contributed by atoms with Crippen LogP contribution in [0, 0.1) is 0 Å². The molecule has 0 aliphatic heterocycles. The van der Waals surface area contributed by atoms with Crippen molar-refractivity contribution in [2.24, 2.45) is 0 Å². The van der Waals surface area contributed by atoms with Gasteiger partial charge in [0.1, 0.15) is 0 Å². The van der Waals surface area contributed by atoms with Gasteiger partial charge in [-0.3, -0.25) is 0 Å². The van der Waals surface area contributed by atoms with E-state index in [-0.39, 0.29) is 0 Å². The maximum absolute atomic E-state index is 4.11. The zero-order valence-corrected chi connectivity index (χ0v) is 11.3. The fraction of sp³-hybridized carbons (Fsp3) is 0.412. The van der Waals surface area contributed by atoms with Gasteiger partial charge in [0.05, 0.1) is 0 Å². The Bertz CT molecular complexity index is 368. The van der Waals surface area contributed by atoms with E-state index in [9.17, 15) is 0 Å². The molecule has 0 aromatic heterocycles. The van der Waals surface area contributed by atoms with E-state index >= 15 is 0 Å². The lowest BCUT2D eigenvalue weighted by Gasteiger charge is -2.07. The Labute approximate surface area is 106 Å². The second-order valence-electron chi connectivity index (χ2n) is 4.89. The van der Waals surface area contributed by atoms with Crippen LogP contribution < -0.4 is 0 Å². The average Bonchev–Trinajstić information content (AvgIpc) is 2.29. The SMILES string of the molecule is C=C(C)CC(=C)c1ccc(CCCCC)cc1. The van der Waals surface area contributed by atoms with Crippen LogP contribution in [0.1, 0.15) is 50.7 Å². The first kappa shape index (κ1) is 13.8. The minimum Gasteiger partial charge on any atom is -0.0998 e. The predicted molar refractivity (Wildman–Crippen MR) is 78.1 cm³/mol. The Morgan fingerprint density at radius 3 is 2.24 bits per heavy atom. The van der Waals surface area contributed by atoms with Gasteiger partial charge < -0.3 is 0 Å². The Morgan fingerprint density at radius 2 is 1.71 bits per heavy atom. The van der Waals surface area contributed by atoms with Crippen molar-refractivity contribution in [1.29, 1.82) is 0 Å². The van der Waals surface area contributed by atoms with E-state index in [0.717, 1.165) is 12.0 Å². The molecule has 0 saturated heterocycles. The molecule has 0 heterocycles. The van der Waals surface area contributed by atoms with Crippen molar-refractivity contribution in [1.82, 2.24) is 0 Å². The molecule has 0 fully saturated rings. The Balaban J connectivity index is 2.55. The van der Waals surface area contributed by atoms with Gasteiger partial charge in [-0.15, -0.1) is 0 Å². The van der Waals surface area contributed by atoms with Crippen molar-refractivity contribution >= 4 is 5.57 Å². The number of benzene rings is 1. The molecule has 0 aliphatic rings. The zero-order valence-electron chi connectivity index (χ0n) is 11.3. The first-order valence-corrected chi connectivity index (χ1v) is 6.55. The molecule has 0 nitrogen and oxygen atoms in total. The molecule has 1 aromatic rings. The van der Waals surface area contributed by atoms with Crippen LogP contribution in [0.4, 0.5) is 0 Å². The summed E-state index contributed by atoms with van der Waals surface area (Å²) in [4.78, 5) is 0. The maximum atomic E-state index is 4.11. The summed E-state index contributed by atoms with van der Waals surface area (Å²) in [7, 11) is 0. The maximum Gasteiger partial charge on any atom is -0.00725 e. The second-order valence-corrected chi connectivity index (χ2v) is 4.89. The Hall–Kier alpha value is -1.30. The average molecular weight is 228 g/mol. The lowest BCUT2D eigenvalue weighted by atomic mass is 9.98. The predicted octanol–water partition coefficient (Wildman–Crippen LogP) is 5.40. The summed E-state index contributed by atoms with van der Waals surface area (Å²) in [6.07, 6.45) is 6.00. The van der Waals surface area contributed by atoms with Gasteiger partial charge >= 0.3 is 0 Å². The topological polar surface area (TPSA) is 0 Å². The molecule has 1 aromatic carbocycles. The van der Waals surface area contributed by atoms with Gasteiger partial charge in [0.15, 0.2) is 0 Å². The minimum absolute atomic E-state index is 0.898. The summed E-state index contributed by atoms with van der Waals surface area (Å²) in [5.41, 5.74) is 5.01. The summed E-state index contributed by atoms with van der Waals surface area (Å²) in [5.74, 6) is 0. The van der Waals surface area contributed by atoms with Crippen LogP contribution in [0.15, 0.2) is 43.0 Å². The van der Waals surface area contributed by atoms with E-state index < -0.39 is 0 Å². The summed E-state index contributed by atoms with van der Waals surface area (Å²) in [6.45, 7) is 12.3. The molecule has 0 atom stereocenters. The molecule has 0 unspecified atom stereocenters. The smallest absolute Gasteiger partial charge is 0.00725 e. The van der Waals surface area contributed by atoms with Gasteiger partial charge in [0.25, 0.3) is 0 Å². The summed E-state index contributed by atoms with van der Waals surface area (Å²) < 4.78 is 0. The summed E-state index contributed by atoms with van der Waals surface area (Å²) in [5, 5.41) is 0. The van der Waals surface area contributed by atoms with Crippen LogP contribution in [-0.4, -0.2) is 0 Å². The highest BCUT2D eigenvalue weighted by atomic mass is 14.0. The van der Waals surface area contributed by atoms with Crippen LogP contribution in [0.3, 0.4) is 0 Å². The van der Waals surface area contributed by atoms with Gasteiger partial charge in [0.2, 0.25) is 0 Å². The molecule has 92 valence electrons. The van der Waals surface area contributed by atoms with Crippen molar-refractivity contribution in [3.05, 3.63) is 54.1 Å². The molecule has 17 heavy (non-hydrogen) atoms. The standard InChI is InChI=1S/C17H24/c1-5-6-7-8-16-9-11-17(12-10-16)15(4)13-14(2)3/h9-12H,2,4-8,13H2,1,3H3. The highest BCUT2D eigenvalue weighted by Gasteiger charge is 2.00. The number of aryl methyl sites for hydroxylation is 1. The van der Waals surface area contributed by atoms with Gasteiger partial charge in [0, 0.05) is 0 Å². The number of allylic oxidation sites excluding steroid dienone is 2. The molecule has 0 aliphatic carbocycles. The monoisotopic (exact) mass is 228 g/mol. The number of rotatable bonds is 7. The van der Waals surface area contributed by atoms with Crippen LogP contribution in [-0.2, 0) is 6.42 Å². The lowest BCUT2D eigenvalue weighted by Crippen LogP contribution is -1.88. The fourth-order valence-electron chi connectivity index (χ4n) is 1.95. The molecule has 0 spiro atoms. The van der Waals surface area contributed by atoms with E-state index in [4.69, 9.17) is 0 Å². The van der Waals surface area contributed by atoms with Gasteiger partial charge in [-0.25, -0.2) is 0 Å². The van der Waals surface area contributed by atoms with Crippen molar-refractivity contribution in [3.63, 3.8) is 0 Å².